The monoisotopic (exact) mass is 720 g/mol. The summed E-state index contributed by atoms with van der Waals surface area (Å²) in [5.74, 6) is -2.23. The molecule has 0 saturated carbocycles. The van der Waals surface area contributed by atoms with Gasteiger partial charge in [-0.15, -0.1) is 0 Å². The molecule has 274 valence electrons. The first-order valence-electron chi connectivity index (χ1n) is 16.5. The molecule has 52 heavy (non-hydrogen) atoms. The van der Waals surface area contributed by atoms with Crippen LogP contribution in [0, 0.1) is 0 Å². The van der Waals surface area contributed by atoms with Crippen molar-refractivity contribution >= 4 is 29.4 Å². The number of esters is 1. The molecule has 0 spiro atoms. The predicted molar refractivity (Wildman–Crippen MR) is 187 cm³/mol. The third-order valence-electron chi connectivity index (χ3n) is 7.87. The molecule has 0 aromatic heterocycles. The maximum atomic E-state index is 13.5. The Morgan fingerprint density at radius 3 is 2.04 bits per heavy atom. The van der Waals surface area contributed by atoms with Gasteiger partial charge in [-0.2, -0.15) is 13.2 Å². The maximum absolute atomic E-state index is 13.5. The summed E-state index contributed by atoms with van der Waals surface area (Å²) in [7, 11) is 1.24. The minimum Gasteiger partial charge on any atom is -0.497 e. The molecule has 4 aromatic rings. The Labute approximate surface area is 299 Å². The van der Waals surface area contributed by atoms with Crippen molar-refractivity contribution in [1.29, 1.82) is 0 Å². The first-order chi connectivity index (χ1) is 24.9. The summed E-state index contributed by atoms with van der Waals surface area (Å²) in [5, 5.41) is 12.0. The van der Waals surface area contributed by atoms with Crippen LogP contribution < -0.4 is 19.5 Å². The van der Waals surface area contributed by atoms with Crippen LogP contribution in [0.2, 0.25) is 0 Å². The molecular formula is C39H39F3N2O8. The molecule has 0 unspecified atom stereocenters. The second-order valence-corrected chi connectivity index (χ2v) is 11.8. The second-order valence-electron chi connectivity index (χ2n) is 11.8. The molecule has 2 amide bonds. The van der Waals surface area contributed by atoms with E-state index in [-0.39, 0.29) is 34.9 Å². The highest BCUT2D eigenvalue weighted by atomic mass is 19.4. The van der Waals surface area contributed by atoms with Crippen molar-refractivity contribution in [2.24, 2.45) is 0 Å². The van der Waals surface area contributed by atoms with Gasteiger partial charge < -0.3 is 29.5 Å². The zero-order valence-corrected chi connectivity index (χ0v) is 28.7. The number of hydrogen-bond donors (Lipinski definition) is 2. The number of benzene rings is 4. The number of aliphatic carboxylic acids is 1. The van der Waals surface area contributed by atoms with Crippen LogP contribution in [0.15, 0.2) is 91.0 Å². The van der Waals surface area contributed by atoms with Crippen LogP contribution in [-0.4, -0.2) is 54.0 Å². The number of ether oxygens (including phenoxy) is 3. The van der Waals surface area contributed by atoms with Gasteiger partial charge in [-0.25, -0.2) is 4.79 Å². The van der Waals surface area contributed by atoms with Crippen molar-refractivity contribution in [2.45, 2.75) is 51.7 Å². The minimum atomic E-state index is -4.70. The first-order valence-corrected chi connectivity index (χ1v) is 16.5. The van der Waals surface area contributed by atoms with Crippen molar-refractivity contribution in [1.82, 2.24) is 4.90 Å². The van der Waals surface area contributed by atoms with Crippen molar-refractivity contribution < 1.29 is 51.7 Å². The van der Waals surface area contributed by atoms with Crippen LogP contribution in [0.25, 0.3) is 0 Å². The van der Waals surface area contributed by atoms with E-state index < -0.39 is 48.5 Å². The van der Waals surface area contributed by atoms with E-state index in [1.165, 1.54) is 55.6 Å². The summed E-state index contributed by atoms with van der Waals surface area (Å²) in [6, 6.07) is 21.8. The number of rotatable bonds is 17. The number of nitrogens with zero attached hydrogens (tertiary/aromatic N) is 1. The first kappa shape index (κ1) is 38.9. The van der Waals surface area contributed by atoms with E-state index in [0.29, 0.717) is 23.5 Å². The fourth-order valence-corrected chi connectivity index (χ4v) is 5.18. The molecule has 10 nitrogen and oxygen atoms in total. The average Bonchev–Trinajstić information content (AvgIpc) is 3.12. The molecule has 2 N–H and O–H groups in total. The summed E-state index contributed by atoms with van der Waals surface area (Å²) < 4.78 is 56.7. The van der Waals surface area contributed by atoms with Crippen LogP contribution in [0.4, 0.5) is 18.9 Å². The Morgan fingerprint density at radius 2 is 1.42 bits per heavy atom. The standard InChI is InChI=1S/C39H39F3N2O8/c1-3-4-5-6-21-51-31-18-11-28(12-19-31)38(49)52-32-16-7-26(8-17-32)24-44(25-36(46)47)37(48)27-9-14-30(15-10-27)43-35(45)22-29-13-20-33(50-2)23-34(29)39(40,41)42/h7-20,23H,3-6,21-22,24-25H2,1-2H3,(H,43,45)(H,46,47). The molecule has 4 rings (SSSR count). The van der Waals surface area contributed by atoms with E-state index in [2.05, 4.69) is 12.2 Å². The third kappa shape index (κ3) is 11.6. The van der Waals surface area contributed by atoms with Crippen LogP contribution in [0.5, 0.6) is 17.2 Å². The fraction of sp³-hybridized carbons (Fsp3) is 0.282. The average molecular weight is 721 g/mol. The number of carboxylic acids is 1. The number of alkyl halides is 3. The molecule has 0 saturated heterocycles. The van der Waals surface area contributed by atoms with Gasteiger partial charge in [0.15, 0.2) is 0 Å². The largest absolute Gasteiger partial charge is 0.497 e. The molecule has 13 heteroatoms. The normalized spacial score (nSPS) is 11.0. The van der Waals surface area contributed by atoms with E-state index in [4.69, 9.17) is 14.2 Å². The van der Waals surface area contributed by atoms with Gasteiger partial charge in [-0.05, 0) is 90.3 Å². The predicted octanol–water partition coefficient (Wildman–Crippen LogP) is 7.80. The Balaban J connectivity index is 1.34. The van der Waals surface area contributed by atoms with Crippen molar-refractivity contribution in [3.63, 3.8) is 0 Å². The van der Waals surface area contributed by atoms with Gasteiger partial charge in [0.1, 0.15) is 23.8 Å². The number of carbonyl (C=O) groups excluding carboxylic acids is 3. The number of halogens is 3. The number of carbonyl (C=O) groups is 4. The number of anilines is 1. The fourth-order valence-electron chi connectivity index (χ4n) is 5.18. The summed E-state index contributed by atoms with van der Waals surface area (Å²) in [4.78, 5) is 51.3. The minimum absolute atomic E-state index is 0.00303. The zero-order chi connectivity index (χ0) is 37.7. The van der Waals surface area contributed by atoms with Gasteiger partial charge in [0, 0.05) is 17.8 Å². The molecule has 0 atom stereocenters. The van der Waals surface area contributed by atoms with Crippen molar-refractivity contribution in [3.05, 3.63) is 119 Å². The number of unbranched alkanes of at least 4 members (excludes halogenated alkanes) is 3. The summed E-state index contributed by atoms with van der Waals surface area (Å²) in [6.45, 7) is 2.04. The lowest BCUT2D eigenvalue weighted by atomic mass is 10.0. The van der Waals surface area contributed by atoms with Crippen LogP contribution in [0.1, 0.15) is 70.0 Å². The van der Waals surface area contributed by atoms with Gasteiger partial charge >= 0.3 is 18.1 Å². The lowest BCUT2D eigenvalue weighted by Gasteiger charge is -2.21. The van der Waals surface area contributed by atoms with Gasteiger partial charge in [-0.3, -0.25) is 14.4 Å². The molecule has 4 aromatic carbocycles. The Hall–Kier alpha value is -5.85. The highest BCUT2D eigenvalue weighted by Crippen LogP contribution is 2.35. The molecule has 0 bridgehead atoms. The maximum Gasteiger partial charge on any atom is 0.416 e. The SMILES string of the molecule is CCCCCCOc1ccc(C(=O)Oc2ccc(CN(CC(=O)O)C(=O)c3ccc(NC(=O)Cc4ccc(OC)cc4C(F)(F)F)cc3)cc2)cc1. The van der Waals surface area contributed by atoms with Crippen LogP contribution >= 0.6 is 0 Å². The Bertz CT molecular complexity index is 1830. The molecule has 0 fully saturated rings. The quantitative estimate of drug-likeness (QED) is 0.0642. The number of nitrogens with one attached hydrogen (secondary N) is 1. The van der Waals surface area contributed by atoms with Gasteiger partial charge in [-0.1, -0.05) is 44.4 Å². The third-order valence-corrected chi connectivity index (χ3v) is 7.87. The number of methoxy groups -OCH3 is 1. The number of carboxylic acid groups (broad SMARTS) is 1. The van der Waals surface area contributed by atoms with Gasteiger partial charge in [0.2, 0.25) is 5.91 Å². The van der Waals surface area contributed by atoms with Crippen LogP contribution in [0.3, 0.4) is 0 Å². The smallest absolute Gasteiger partial charge is 0.416 e. The van der Waals surface area contributed by atoms with Gasteiger partial charge in [0.05, 0.1) is 31.3 Å². The molecular weight excluding hydrogens is 681 g/mol. The van der Waals surface area contributed by atoms with Gasteiger partial charge in [0.25, 0.3) is 5.91 Å². The summed E-state index contributed by atoms with van der Waals surface area (Å²) in [6.07, 6.45) is -0.905. The second kappa shape index (κ2) is 18.4. The van der Waals surface area contributed by atoms with E-state index in [1.807, 2.05) is 0 Å². The lowest BCUT2D eigenvalue weighted by molar-refractivity contribution is -0.139. The van der Waals surface area contributed by atoms with E-state index in [1.54, 1.807) is 36.4 Å². The van der Waals surface area contributed by atoms with Crippen molar-refractivity contribution in [3.8, 4) is 17.2 Å². The number of hydrogen-bond acceptors (Lipinski definition) is 7. The van der Waals surface area contributed by atoms with E-state index in [0.717, 1.165) is 36.6 Å². The highest BCUT2D eigenvalue weighted by molar-refractivity contribution is 5.97. The zero-order valence-electron chi connectivity index (χ0n) is 28.7. The molecule has 0 heterocycles. The Kier molecular flexibility index (Phi) is 13.8. The summed E-state index contributed by atoms with van der Waals surface area (Å²) in [5.41, 5.74) is 0.0108. The molecule has 0 aliphatic heterocycles. The Morgan fingerprint density at radius 1 is 0.788 bits per heavy atom. The van der Waals surface area contributed by atoms with E-state index >= 15 is 0 Å². The highest BCUT2D eigenvalue weighted by Gasteiger charge is 2.34. The molecule has 0 radical (unpaired) electrons. The van der Waals surface area contributed by atoms with Crippen molar-refractivity contribution in [2.75, 3.05) is 25.6 Å². The number of amides is 2. The molecule has 0 aliphatic carbocycles. The summed E-state index contributed by atoms with van der Waals surface area (Å²) >= 11 is 0. The van der Waals surface area contributed by atoms with E-state index in [9.17, 15) is 37.5 Å². The molecule has 0 aliphatic rings. The lowest BCUT2D eigenvalue weighted by Crippen LogP contribution is -2.35. The van der Waals surface area contributed by atoms with Crippen LogP contribution in [-0.2, 0) is 28.7 Å². The topological polar surface area (TPSA) is 131 Å².